The molecule has 0 spiro atoms. The molecule has 0 aliphatic heterocycles. The summed E-state index contributed by atoms with van der Waals surface area (Å²) in [5.74, 6) is 0.977. The predicted octanol–water partition coefficient (Wildman–Crippen LogP) is 1.58. The van der Waals surface area contributed by atoms with E-state index in [4.69, 9.17) is 17.0 Å². The first kappa shape index (κ1) is 13.3. The van der Waals surface area contributed by atoms with E-state index in [-0.39, 0.29) is 20.1 Å². The first-order valence-electron chi connectivity index (χ1n) is 4.46. The summed E-state index contributed by atoms with van der Waals surface area (Å²) < 4.78 is 18.7. The Morgan fingerprint density at radius 3 is 2.88 bits per heavy atom. The number of hydrogen-bond acceptors (Lipinski definition) is 4. The van der Waals surface area contributed by atoms with Crippen LogP contribution < -0.4 is 0 Å². The molecule has 0 saturated carbocycles. The van der Waals surface area contributed by atoms with E-state index in [0.29, 0.717) is 28.9 Å². The monoisotopic (exact) mass is 419 g/mol. The first-order valence-corrected chi connectivity index (χ1v) is 4.87. The van der Waals surface area contributed by atoms with Gasteiger partial charge in [0.15, 0.2) is 11.7 Å². The normalized spacial score (nSPS) is 10.1. The summed E-state index contributed by atoms with van der Waals surface area (Å²) in [4.78, 5) is 4.09. The Morgan fingerprint density at radius 2 is 2.31 bits per heavy atom. The van der Waals surface area contributed by atoms with Gasteiger partial charge in [0.2, 0.25) is 0 Å². The summed E-state index contributed by atoms with van der Waals surface area (Å²) >= 11 is 4.96. The number of oxazole rings is 1. The van der Waals surface area contributed by atoms with Crippen LogP contribution in [0.4, 0.5) is 4.39 Å². The second-order valence-electron chi connectivity index (χ2n) is 3.03. The number of nitrogens with zero attached hydrogens (tertiary/aromatic N) is 3. The molecular weight excluding hydrogens is 409 g/mol. The van der Waals surface area contributed by atoms with Gasteiger partial charge in [-0.3, -0.25) is 4.39 Å². The van der Waals surface area contributed by atoms with Crippen molar-refractivity contribution >= 4 is 12.6 Å². The fourth-order valence-corrected chi connectivity index (χ4v) is 1.51. The van der Waals surface area contributed by atoms with Crippen LogP contribution in [0.2, 0.25) is 0 Å². The molecule has 2 heterocycles. The minimum Gasteiger partial charge on any atom is -0.738 e. The number of hydrogen-bond donors (Lipinski definition) is 0. The maximum absolute atomic E-state index is 12.1. The maximum Gasteiger partial charge on any atom is 0.190 e. The molecule has 4 nitrogen and oxygen atoms in total. The van der Waals surface area contributed by atoms with Gasteiger partial charge in [-0.1, -0.05) is 0 Å². The Hall–Kier alpha value is -0.781. The van der Waals surface area contributed by atoms with E-state index in [9.17, 15) is 4.39 Å². The van der Waals surface area contributed by atoms with Gasteiger partial charge in [0.05, 0.1) is 12.4 Å². The topological polar surface area (TPSA) is 43.9 Å². The molecule has 0 bridgehead atoms. The van der Waals surface area contributed by atoms with Crippen molar-refractivity contribution in [1.29, 1.82) is 0 Å². The molecule has 0 unspecified atom stereocenters. The summed E-state index contributed by atoms with van der Waals surface area (Å²) in [7, 11) is 0. The molecule has 2 rings (SSSR count). The summed E-state index contributed by atoms with van der Waals surface area (Å²) in [6.07, 6.45) is 1.99. The molecule has 0 atom stereocenters. The molecule has 2 aromatic heterocycles. The molecular formula is C9H9FIrN3OS-. The van der Waals surface area contributed by atoms with E-state index in [0.717, 1.165) is 0 Å². The van der Waals surface area contributed by atoms with Crippen molar-refractivity contribution in [3.63, 3.8) is 0 Å². The summed E-state index contributed by atoms with van der Waals surface area (Å²) in [6.45, 7) is 1.29. The average Bonchev–Trinajstić information content (AvgIpc) is 2.73. The van der Waals surface area contributed by atoms with Crippen molar-refractivity contribution in [2.75, 3.05) is 6.67 Å². The van der Waals surface area contributed by atoms with Gasteiger partial charge in [0.1, 0.15) is 0 Å². The van der Waals surface area contributed by atoms with E-state index in [2.05, 4.69) is 10.1 Å². The number of halogens is 1. The third-order valence-corrected chi connectivity index (χ3v) is 2.16. The van der Waals surface area contributed by atoms with Crippen molar-refractivity contribution < 1.29 is 28.9 Å². The predicted molar refractivity (Wildman–Crippen MR) is 53.7 cm³/mol. The summed E-state index contributed by atoms with van der Waals surface area (Å²) in [5, 5.41) is 4.43. The first-order chi connectivity index (χ1) is 7.20. The van der Waals surface area contributed by atoms with Crippen molar-refractivity contribution in [2.24, 2.45) is 0 Å². The number of aryl methyl sites for hydroxylation is 2. The minimum absolute atomic E-state index is 0. The number of rotatable bonds is 3. The minimum atomic E-state index is -0.421. The maximum atomic E-state index is 12.1. The molecule has 0 N–H and O–H groups in total. The molecule has 0 saturated heterocycles. The second-order valence-corrected chi connectivity index (χ2v) is 3.41. The zero-order valence-corrected chi connectivity index (χ0v) is 11.6. The van der Waals surface area contributed by atoms with E-state index >= 15 is 0 Å². The van der Waals surface area contributed by atoms with E-state index < -0.39 is 6.67 Å². The fraction of sp³-hybridized carbons (Fsp3) is 0.333. The standard InChI is InChI=1S/C9H10FN3OS.Ir/c1-6-11-8(9(15)14-6)13-5-3-7(12-13)2-4-10;/h3,5,15H,2,4H2,1H3;/p-1. The van der Waals surface area contributed by atoms with E-state index in [1.807, 2.05) is 0 Å². The summed E-state index contributed by atoms with van der Waals surface area (Å²) in [6, 6.07) is 1.73. The van der Waals surface area contributed by atoms with Gasteiger partial charge in [-0.25, -0.2) is 4.68 Å². The molecule has 0 aliphatic carbocycles. The van der Waals surface area contributed by atoms with Gasteiger partial charge in [-0.2, -0.15) is 10.1 Å². The second kappa shape index (κ2) is 5.52. The van der Waals surface area contributed by atoms with E-state index in [1.54, 1.807) is 19.2 Å². The van der Waals surface area contributed by atoms with Gasteiger partial charge >= 0.3 is 0 Å². The third-order valence-electron chi connectivity index (χ3n) is 1.90. The molecule has 0 aliphatic rings. The van der Waals surface area contributed by atoms with Crippen LogP contribution in [-0.4, -0.2) is 21.4 Å². The van der Waals surface area contributed by atoms with Crippen molar-refractivity contribution in [3.05, 3.63) is 23.8 Å². The van der Waals surface area contributed by atoms with Gasteiger partial charge in [-0.15, -0.1) is 0 Å². The zero-order valence-electron chi connectivity index (χ0n) is 8.44. The SMILES string of the molecule is Cc1nc(-n2ccc(CCF)n2)c([S-])o1.[Ir]. The van der Waals surface area contributed by atoms with Crippen molar-refractivity contribution in [1.82, 2.24) is 14.8 Å². The Morgan fingerprint density at radius 1 is 1.56 bits per heavy atom. The Kier molecular flexibility index (Phi) is 4.58. The molecule has 0 amide bonds. The van der Waals surface area contributed by atoms with Crippen LogP contribution >= 0.6 is 0 Å². The molecule has 7 heteroatoms. The molecule has 0 fully saturated rings. The zero-order chi connectivity index (χ0) is 10.8. The number of aromatic nitrogens is 3. The Labute approximate surface area is 111 Å². The summed E-state index contributed by atoms with van der Waals surface area (Å²) in [5.41, 5.74) is 0.674. The van der Waals surface area contributed by atoms with Crippen LogP contribution in [0.1, 0.15) is 11.6 Å². The molecule has 2 aromatic rings. The van der Waals surface area contributed by atoms with E-state index in [1.165, 1.54) is 4.68 Å². The largest absolute Gasteiger partial charge is 0.738 e. The third kappa shape index (κ3) is 2.66. The van der Waals surface area contributed by atoms with Crippen molar-refractivity contribution in [2.45, 2.75) is 18.4 Å². The van der Waals surface area contributed by atoms with Gasteiger partial charge < -0.3 is 17.0 Å². The average molecular weight is 418 g/mol. The Bertz CT molecular complexity index is 471. The smallest absolute Gasteiger partial charge is 0.190 e. The Balaban J connectivity index is 0.00000128. The van der Waals surface area contributed by atoms with Crippen LogP contribution in [0.15, 0.2) is 21.8 Å². The van der Waals surface area contributed by atoms with Gasteiger partial charge in [-0.05, 0) is 6.07 Å². The number of alkyl halides is 1. The van der Waals surface area contributed by atoms with Gasteiger partial charge in [0, 0.05) is 44.7 Å². The molecule has 1 radical (unpaired) electrons. The van der Waals surface area contributed by atoms with Crippen molar-refractivity contribution in [3.8, 4) is 5.82 Å². The molecule has 16 heavy (non-hydrogen) atoms. The van der Waals surface area contributed by atoms with Crippen LogP contribution in [0.3, 0.4) is 0 Å². The quantitative estimate of drug-likeness (QED) is 0.710. The van der Waals surface area contributed by atoms with Gasteiger partial charge in [0.25, 0.3) is 0 Å². The molecule has 0 aromatic carbocycles. The van der Waals surface area contributed by atoms with Crippen LogP contribution in [0.5, 0.6) is 0 Å². The molecule has 89 valence electrons. The van der Waals surface area contributed by atoms with Crippen LogP contribution in [0, 0.1) is 6.92 Å². The van der Waals surface area contributed by atoms with Crippen LogP contribution in [-0.2, 0) is 39.2 Å². The fourth-order valence-electron chi connectivity index (χ4n) is 1.25. The van der Waals surface area contributed by atoms with Crippen LogP contribution in [0.25, 0.3) is 5.82 Å².